The molecule has 0 radical (unpaired) electrons. The minimum atomic E-state index is -2.84. The van der Waals surface area contributed by atoms with E-state index in [0.29, 0.717) is 31.1 Å². The highest BCUT2D eigenvalue weighted by Gasteiger charge is 2.50. The lowest BCUT2D eigenvalue weighted by Crippen LogP contribution is -2.49. The van der Waals surface area contributed by atoms with Crippen LogP contribution in [-0.4, -0.2) is 62.4 Å². The average Bonchev–Trinajstić information content (AvgIpc) is 3.39. The van der Waals surface area contributed by atoms with Crippen molar-refractivity contribution in [1.82, 2.24) is 0 Å². The number of carbonyl (C=O) groups excluding carboxylic acids is 2. The van der Waals surface area contributed by atoms with Gasteiger partial charge in [0.1, 0.15) is 11.4 Å². The van der Waals surface area contributed by atoms with Gasteiger partial charge in [-0.3, -0.25) is 9.69 Å². The highest BCUT2D eigenvalue weighted by Crippen LogP contribution is 2.54. The molecule has 2 saturated heterocycles. The number of benzene rings is 2. The molecule has 0 bridgehead atoms. The molecule has 0 N–H and O–H groups in total. The van der Waals surface area contributed by atoms with Gasteiger partial charge in [-0.15, -0.1) is 0 Å². The fraction of sp³-hybridized carbons (Fsp3) is 0.576. The number of piperidine rings is 1. The zero-order valence-electron chi connectivity index (χ0n) is 25.3. The number of fused-ring (bicyclic) bond motifs is 5. The summed E-state index contributed by atoms with van der Waals surface area (Å²) in [4.78, 5) is 31.0. The van der Waals surface area contributed by atoms with E-state index in [9.17, 15) is 22.8 Å². The summed E-state index contributed by atoms with van der Waals surface area (Å²) >= 11 is 0. The third-order valence-electron chi connectivity index (χ3n) is 9.41. The van der Waals surface area contributed by atoms with Crippen LogP contribution in [0.3, 0.4) is 0 Å². The van der Waals surface area contributed by atoms with Gasteiger partial charge in [-0.05, 0) is 99.7 Å². The average molecular weight is 600 g/mol. The molecule has 3 heterocycles. The van der Waals surface area contributed by atoms with E-state index in [4.69, 9.17) is 9.47 Å². The molecule has 0 aromatic heterocycles. The molecule has 0 unspecified atom stereocenters. The molecule has 7 nitrogen and oxygen atoms in total. The Bertz CT molecular complexity index is 1420. The Hall–Kier alpha value is -3.43. The van der Waals surface area contributed by atoms with Crippen LogP contribution in [0.4, 0.5) is 35.0 Å². The number of hydrogen-bond donors (Lipinski definition) is 0. The maximum atomic E-state index is 14.6. The molecular formula is C33H40F3N3O4. The van der Waals surface area contributed by atoms with E-state index in [1.807, 2.05) is 24.3 Å². The SMILES string of the molecule is CCOC(=O)C[C@@H]1CC2(CCN(c3ccc4c(c3)N3CC(F)(F)C[C@H]3CN4C(=O)OC(C)(C)C)CC2)c2cc(F)ccc21. The smallest absolute Gasteiger partial charge is 0.414 e. The van der Waals surface area contributed by atoms with E-state index < -0.39 is 23.7 Å². The van der Waals surface area contributed by atoms with Crippen LogP contribution in [0.25, 0.3) is 0 Å². The minimum Gasteiger partial charge on any atom is -0.466 e. The van der Waals surface area contributed by atoms with Crippen molar-refractivity contribution < 1.29 is 32.2 Å². The zero-order chi connectivity index (χ0) is 30.7. The van der Waals surface area contributed by atoms with Gasteiger partial charge in [-0.1, -0.05) is 6.07 Å². The van der Waals surface area contributed by atoms with Gasteiger partial charge in [0.25, 0.3) is 5.92 Å². The molecule has 4 aliphatic rings. The van der Waals surface area contributed by atoms with Crippen LogP contribution in [0.15, 0.2) is 36.4 Å². The van der Waals surface area contributed by atoms with Gasteiger partial charge in [0.15, 0.2) is 0 Å². The molecule has 2 aromatic carbocycles. The highest BCUT2D eigenvalue weighted by molar-refractivity contribution is 5.95. The summed E-state index contributed by atoms with van der Waals surface area (Å²) in [5.41, 5.74) is 3.14. The summed E-state index contributed by atoms with van der Waals surface area (Å²) in [5, 5.41) is 0. The standard InChI is InChI=1S/C33H40F3N3O4/c1-5-42-29(40)14-21-17-32(26-15-22(34)6-8-25(21)26)10-12-37(13-11-32)23-7-9-27-28(16-23)39-20-33(35,36)18-24(39)19-38(27)30(41)43-31(2,3)4/h6-9,15-16,21,24H,5,10-14,17-20H2,1-4H3/t21-,24+/m1/s1. The Morgan fingerprint density at radius 2 is 1.77 bits per heavy atom. The Kier molecular flexibility index (Phi) is 7.32. The van der Waals surface area contributed by atoms with E-state index in [1.165, 1.54) is 11.0 Å². The van der Waals surface area contributed by atoms with Gasteiger partial charge in [0, 0.05) is 31.7 Å². The summed E-state index contributed by atoms with van der Waals surface area (Å²) in [6, 6.07) is 10.1. The number of amides is 1. The van der Waals surface area contributed by atoms with Crippen molar-refractivity contribution in [2.24, 2.45) is 0 Å². The van der Waals surface area contributed by atoms with Gasteiger partial charge >= 0.3 is 12.1 Å². The second-order valence-corrected chi connectivity index (χ2v) is 13.5. The fourth-order valence-electron chi connectivity index (χ4n) is 7.61. The summed E-state index contributed by atoms with van der Waals surface area (Å²) in [6.45, 7) is 8.62. The Balaban J connectivity index is 1.25. The Morgan fingerprint density at radius 3 is 2.47 bits per heavy atom. The fourth-order valence-corrected chi connectivity index (χ4v) is 7.61. The first-order valence-electron chi connectivity index (χ1n) is 15.3. The second kappa shape index (κ2) is 10.6. The third-order valence-corrected chi connectivity index (χ3v) is 9.41. The number of rotatable bonds is 4. The Morgan fingerprint density at radius 1 is 1.02 bits per heavy atom. The summed E-state index contributed by atoms with van der Waals surface area (Å²) in [5.74, 6) is -3.38. The van der Waals surface area contributed by atoms with E-state index >= 15 is 0 Å². The molecule has 10 heteroatoms. The summed E-state index contributed by atoms with van der Waals surface area (Å²) in [6.07, 6.45) is 1.73. The van der Waals surface area contributed by atoms with Gasteiger partial charge in [0.2, 0.25) is 0 Å². The van der Waals surface area contributed by atoms with Crippen LogP contribution in [0, 0.1) is 5.82 Å². The van der Waals surface area contributed by atoms with Gasteiger partial charge in [0.05, 0.1) is 37.0 Å². The number of halogens is 3. The lowest BCUT2D eigenvalue weighted by Gasteiger charge is -2.43. The lowest BCUT2D eigenvalue weighted by atomic mass is 9.73. The monoisotopic (exact) mass is 599 g/mol. The molecule has 3 aliphatic heterocycles. The van der Waals surface area contributed by atoms with Crippen LogP contribution in [0.1, 0.15) is 76.8 Å². The van der Waals surface area contributed by atoms with Crippen molar-refractivity contribution in [3.05, 3.63) is 53.3 Å². The van der Waals surface area contributed by atoms with Gasteiger partial charge < -0.3 is 19.3 Å². The molecule has 2 aromatic rings. The first-order chi connectivity index (χ1) is 20.3. The molecular weight excluding hydrogens is 559 g/mol. The quantitative estimate of drug-likeness (QED) is 0.362. The highest BCUT2D eigenvalue weighted by atomic mass is 19.3. The van der Waals surface area contributed by atoms with Crippen molar-refractivity contribution in [2.75, 3.05) is 47.5 Å². The van der Waals surface area contributed by atoms with Crippen molar-refractivity contribution in [1.29, 1.82) is 0 Å². The van der Waals surface area contributed by atoms with Crippen LogP contribution in [0.5, 0.6) is 0 Å². The number of anilines is 3. The topological polar surface area (TPSA) is 62.3 Å². The second-order valence-electron chi connectivity index (χ2n) is 13.5. The van der Waals surface area contributed by atoms with Crippen LogP contribution >= 0.6 is 0 Å². The molecule has 1 amide bonds. The van der Waals surface area contributed by atoms with Gasteiger partial charge in [-0.25, -0.2) is 18.0 Å². The molecule has 0 saturated carbocycles. The molecule has 43 heavy (non-hydrogen) atoms. The van der Waals surface area contributed by atoms with Crippen molar-refractivity contribution >= 4 is 29.1 Å². The molecule has 2 atom stereocenters. The van der Waals surface area contributed by atoms with Crippen molar-refractivity contribution in [2.45, 2.75) is 88.7 Å². The number of ether oxygens (including phenoxy) is 2. The molecule has 6 rings (SSSR count). The zero-order valence-corrected chi connectivity index (χ0v) is 25.3. The molecule has 1 spiro atoms. The first kappa shape index (κ1) is 29.6. The molecule has 2 fully saturated rings. The molecule has 232 valence electrons. The number of hydrogen-bond acceptors (Lipinski definition) is 6. The van der Waals surface area contributed by atoms with Crippen LogP contribution in [-0.2, 0) is 19.7 Å². The number of alkyl halides is 2. The Labute approximate surface area is 250 Å². The number of nitrogens with zero attached hydrogens (tertiary/aromatic N) is 3. The lowest BCUT2D eigenvalue weighted by molar-refractivity contribution is -0.143. The van der Waals surface area contributed by atoms with E-state index in [2.05, 4.69) is 4.90 Å². The first-order valence-corrected chi connectivity index (χ1v) is 15.3. The van der Waals surface area contributed by atoms with Gasteiger partial charge in [-0.2, -0.15) is 0 Å². The van der Waals surface area contributed by atoms with E-state index in [1.54, 1.807) is 38.7 Å². The predicted octanol–water partition coefficient (Wildman–Crippen LogP) is 6.77. The summed E-state index contributed by atoms with van der Waals surface area (Å²) in [7, 11) is 0. The third kappa shape index (κ3) is 5.65. The number of carbonyl (C=O) groups is 2. The van der Waals surface area contributed by atoms with E-state index in [0.717, 1.165) is 36.1 Å². The van der Waals surface area contributed by atoms with Crippen LogP contribution < -0.4 is 14.7 Å². The van der Waals surface area contributed by atoms with E-state index in [-0.39, 0.29) is 49.1 Å². The number of esters is 1. The minimum absolute atomic E-state index is 0.0162. The normalized spacial score (nSPS) is 23.6. The maximum absolute atomic E-state index is 14.6. The summed E-state index contributed by atoms with van der Waals surface area (Å²) < 4.78 is 54.6. The van der Waals surface area contributed by atoms with Crippen LogP contribution in [0.2, 0.25) is 0 Å². The maximum Gasteiger partial charge on any atom is 0.414 e. The van der Waals surface area contributed by atoms with Crippen molar-refractivity contribution in [3.8, 4) is 0 Å². The predicted molar refractivity (Wildman–Crippen MR) is 159 cm³/mol. The molecule has 1 aliphatic carbocycles. The largest absolute Gasteiger partial charge is 0.466 e. The van der Waals surface area contributed by atoms with Crippen molar-refractivity contribution in [3.63, 3.8) is 0 Å².